The molecule has 0 aliphatic heterocycles. The standard InChI is InChI=1S/C15H11FN2O2S/c16-10-3-1-9(2-4-10)7-11(15(19)20)13-14-12(5-6-21-14)17-8-18-13/h1-6,8,11H,7H2,(H,19,20). The van der Waals surface area contributed by atoms with Crippen molar-refractivity contribution < 1.29 is 14.3 Å². The van der Waals surface area contributed by atoms with Crippen molar-refractivity contribution in [2.75, 3.05) is 0 Å². The van der Waals surface area contributed by atoms with Gasteiger partial charge in [0.2, 0.25) is 0 Å². The summed E-state index contributed by atoms with van der Waals surface area (Å²) >= 11 is 1.42. The number of aromatic nitrogens is 2. The van der Waals surface area contributed by atoms with Crippen molar-refractivity contribution in [1.82, 2.24) is 9.97 Å². The average molecular weight is 302 g/mol. The molecule has 1 atom stereocenters. The number of carboxylic acid groups (broad SMARTS) is 1. The quantitative estimate of drug-likeness (QED) is 0.803. The summed E-state index contributed by atoms with van der Waals surface area (Å²) in [5.41, 5.74) is 2.01. The predicted octanol–water partition coefficient (Wildman–Crippen LogP) is 3.24. The Morgan fingerprint density at radius 3 is 2.71 bits per heavy atom. The van der Waals surface area contributed by atoms with E-state index in [-0.39, 0.29) is 12.2 Å². The van der Waals surface area contributed by atoms with E-state index < -0.39 is 11.9 Å². The number of nitrogens with zero attached hydrogens (tertiary/aromatic N) is 2. The number of carbonyl (C=O) groups is 1. The molecule has 4 nitrogen and oxygen atoms in total. The molecule has 2 heterocycles. The second-order valence-corrected chi connectivity index (χ2v) is 5.53. The molecule has 1 unspecified atom stereocenters. The van der Waals surface area contributed by atoms with Crippen LogP contribution in [0.2, 0.25) is 0 Å². The Morgan fingerprint density at radius 2 is 2.00 bits per heavy atom. The summed E-state index contributed by atoms with van der Waals surface area (Å²) in [5, 5.41) is 11.4. The monoisotopic (exact) mass is 302 g/mol. The third-order valence-corrected chi connectivity index (χ3v) is 4.18. The summed E-state index contributed by atoms with van der Waals surface area (Å²) < 4.78 is 13.7. The maximum Gasteiger partial charge on any atom is 0.312 e. The fourth-order valence-corrected chi connectivity index (χ4v) is 3.10. The topological polar surface area (TPSA) is 63.1 Å². The minimum absolute atomic E-state index is 0.264. The smallest absolute Gasteiger partial charge is 0.312 e. The zero-order valence-electron chi connectivity index (χ0n) is 10.9. The van der Waals surface area contributed by atoms with Crippen molar-refractivity contribution in [3.63, 3.8) is 0 Å². The van der Waals surface area contributed by atoms with Gasteiger partial charge in [-0.1, -0.05) is 12.1 Å². The number of aliphatic carboxylic acids is 1. The van der Waals surface area contributed by atoms with Crippen molar-refractivity contribution in [1.29, 1.82) is 0 Å². The molecule has 21 heavy (non-hydrogen) atoms. The Bertz CT molecular complexity index is 786. The molecule has 0 radical (unpaired) electrons. The molecule has 0 bridgehead atoms. The largest absolute Gasteiger partial charge is 0.481 e. The van der Waals surface area contributed by atoms with Gasteiger partial charge >= 0.3 is 5.97 Å². The number of hydrogen-bond donors (Lipinski definition) is 1. The van der Waals surface area contributed by atoms with Gasteiger partial charge in [0.25, 0.3) is 0 Å². The van der Waals surface area contributed by atoms with Gasteiger partial charge in [0.15, 0.2) is 0 Å². The Balaban J connectivity index is 2.00. The molecule has 0 aliphatic carbocycles. The van der Waals surface area contributed by atoms with Gasteiger partial charge in [0, 0.05) is 0 Å². The average Bonchev–Trinajstić information content (AvgIpc) is 2.95. The molecule has 0 amide bonds. The van der Waals surface area contributed by atoms with E-state index >= 15 is 0 Å². The van der Waals surface area contributed by atoms with E-state index in [0.29, 0.717) is 5.69 Å². The number of thiophene rings is 1. The Labute approximate surface area is 123 Å². The number of rotatable bonds is 4. The summed E-state index contributed by atoms with van der Waals surface area (Å²) in [5.74, 6) is -2.07. The first-order valence-electron chi connectivity index (χ1n) is 6.30. The van der Waals surface area contributed by atoms with Crippen LogP contribution in [-0.4, -0.2) is 21.0 Å². The van der Waals surface area contributed by atoms with Gasteiger partial charge in [-0.3, -0.25) is 4.79 Å². The molecule has 3 aromatic rings. The number of fused-ring (bicyclic) bond motifs is 1. The lowest BCUT2D eigenvalue weighted by Gasteiger charge is -2.12. The number of benzene rings is 1. The molecule has 0 spiro atoms. The predicted molar refractivity (Wildman–Crippen MR) is 77.9 cm³/mol. The van der Waals surface area contributed by atoms with Crippen LogP contribution < -0.4 is 0 Å². The fourth-order valence-electron chi connectivity index (χ4n) is 2.21. The van der Waals surface area contributed by atoms with Crippen LogP contribution >= 0.6 is 11.3 Å². The highest BCUT2D eigenvalue weighted by Gasteiger charge is 2.24. The maximum absolute atomic E-state index is 12.9. The molecule has 0 fully saturated rings. The van der Waals surface area contributed by atoms with Gasteiger partial charge in [-0.25, -0.2) is 14.4 Å². The van der Waals surface area contributed by atoms with Crippen LogP contribution in [0, 0.1) is 5.82 Å². The van der Waals surface area contributed by atoms with E-state index in [4.69, 9.17) is 0 Å². The van der Waals surface area contributed by atoms with E-state index in [9.17, 15) is 14.3 Å². The first kappa shape index (κ1) is 13.6. The van der Waals surface area contributed by atoms with Crippen molar-refractivity contribution in [3.8, 4) is 0 Å². The van der Waals surface area contributed by atoms with Crippen LogP contribution in [0.5, 0.6) is 0 Å². The van der Waals surface area contributed by atoms with E-state index in [0.717, 1.165) is 15.8 Å². The highest BCUT2D eigenvalue weighted by molar-refractivity contribution is 7.17. The second-order valence-electron chi connectivity index (χ2n) is 4.62. The molecule has 3 rings (SSSR count). The van der Waals surface area contributed by atoms with Crippen LogP contribution in [0.1, 0.15) is 17.2 Å². The first-order valence-corrected chi connectivity index (χ1v) is 7.18. The third-order valence-electron chi connectivity index (χ3n) is 3.25. The summed E-state index contributed by atoms with van der Waals surface area (Å²) in [6, 6.07) is 7.68. The summed E-state index contributed by atoms with van der Waals surface area (Å²) in [7, 11) is 0. The number of hydrogen-bond acceptors (Lipinski definition) is 4. The maximum atomic E-state index is 12.9. The van der Waals surface area contributed by atoms with Crippen LogP contribution in [0.15, 0.2) is 42.0 Å². The van der Waals surface area contributed by atoms with Gasteiger partial charge < -0.3 is 5.11 Å². The Morgan fingerprint density at radius 1 is 1.24 bits per heavy atom. The lowest BCUT2D eigenvalue weighted by molar-refractivity contribution is -0.138. The minimum atomic E-state index is -0.951. The van der Waals surface area contributed by atoms with E-state index in [1.54, 1.807) is 12.1 Å². The minimum Gasteiger partial charge on any atom is -0.481 e. The number of carboxylic acids is 1. The van der Waals surface area contributed by atoms with Gasteiger partial charge in [-0.15, -0.1) is 11.3 Å². The molecule has 6 heteroatoms. The molecule has 1 N–H and O–H groups in total. The van der Waals surface area contributed by atoms with Crippen molar-refractivity contribution >= 4 is 27.5 Å². The van der Waals surface area contributed by atoms with Crippen LogP contribution in [-0.2, 0) is 11.2 Å². The van der Waals surface area contributed by atoms with E-state index in [2.05, 4.69) is 9.97 Å². The highest BCUT2D eigenvalue weighted by Crippen LogP contribution is 2.29. The van der Waals surface area contributed by atoms with Gasteiger partial charge in [-0.2, -0.15) is 0 Å². The fraction of sp³-hybridized carbons (Fsp3) is 0.133. The SMILES string of the molecule is O=C(O)C(Cc1ccc(F)cc1)c1ncnc2ccsc12. The van der Waals surface area contributed by atoms with Gasteiger partial charge in [0.1, 0.15) is 18.1 Å². The van der Waals surface area contributed by atoms with Gasteiger partial charge in [-0.05, 0) is 35.6 Å². The second kappa shape index (κ2) is 5.57. The van der Waals surface area contributed by atoms with Crippen LogP contribution in [0.4, 0.5) is 4.39 Å². The summed E-state index contributed by atoms with van der Waals surface area (Å²) in [6.07, 6.45) is 1.64. The van der Waals surface area contributed by atoms with Crippen molar-refractivity contribution in [3.05, 3.63) is 59.1 Å². The molecule has 2 aromatic heterocycles. The zero-order chi connectivity index (χ0) is 14.8. The van der Waals surface area contributed by atoms with Gasteiger partial charge in [0.05, 0.1) is 15.9 Å². The van der Waals surface area contributed by atoms with Crippen LogP contribution in [0.25, 0.3) is 10.2 Å². The van der Waals surface area contributed by atoms with Crippen molar-refractivity contribution in [2.24, 2.45) is 0 Å². The Hall–Kier alpha value is -2.34. The third kappa shape index (κ3) is 2.75. The van der Waals surface area contributed by atoms with E-state index in [1.165, 1.54) is 29.8 Å². The molecule has 1 aromatic carbocycles. The lowest BCUT2D eigenvalue weighted by Crippen LogP contribution is -2.16. The normalized spacial score (nSPS) is 12.4. The molecule has 106 valence electrons. The van der Waals surface area contributed by atoms with Crippen LogP contribution in [0.3, 0.4) is 0 Å². The molecule has 0 saturated heterocycles. The summed E-state index contributed by atoms with van der Waals surface area (Å²) in [4.78, 5) is 19.9. The molecule has 0 aliphatic rings. The Kier molecular flexibility index (Phi) is 3.62. The van der Waals surface area contributed by atoms with E-state index in [1.807, 2.05) is 11.4 Å². The molecular formula is C15H11FN2O2S. The highest BCUT2D eigenvalue weighted by atomic mass is 32.1. The molecular weight excluding hydrogens is 291 g/mol. The number of halogens is 1. The zero-order valence-corrected chi connectivity index (χ0v) is 11.7. The molecule has 0 saturated carbocycles. The van der Waals surface area contributed by atoms with Crippen molar-refractivity contribution in [2.45, 2.75) is 12.3 Å². The summed E-state index contributed by atoms with van der Waals surface area (Å²) in [6.45, 7) is 0. The first-order chi connectivity index (χ1) is 10.1. The lowest BCUT2D eigenvalue weighted by atomic mass is 9.96.